The molecule has 0 bridgehead atoms. The molecular formula is C12H19ClN4. The van der Waals surface area contributed by atoms with E-state index >= 15 is 0 Å². The fourth-order valence-electron chi connectivity index (χ4n) is 2.37. The van der Waals surface area contributed by atoms with Gasteiger partial charge in [-0.1, -0.05) is 6.92 Å². The van der Waals surface area contributed by atoms with Gasteiger partial charge < -0.3 is 9.80 Å². The molecule has 0 amide bonds. The maximum absolute atomic E-state index is 5.73. The van der Waals surface area contributed by atoms with Crippen molar-refractivity contribution in [3.8, 4) is 0 Å². The summed E-state index contributed by atoms with van der Waals surface area (Å²) in [4.78, 5) is 13.3. The van der Waals surface area contributed by atoms with Gasteiger partial charge in [-0.25, -0.2) is 9.97 Å². The number of halogens is 1. The number of nitrogens with zero attached hydrogens (tertiary/aromatic N) is 4. The monoisotopic (exact) mass is 254 g/mol. The van der Waals surface area contributed by atoms with E-state index in [2.05, 4.69) is 40.8 Å². The summed E-state index contributed by atoms with van der Waals surface area (Å²) in [5.41, 5.74) is 0.965. The van der Waals surface area contributed by atoms with Crippen LogP contribution in [0.4, 0.5) is 5.95 Å². The predicted molar refractivity (Wildman–Crippen MR) is 70.4 cm³/mol. The molecule has 2 rings (SSSR count). The quantitative estimate of drug-likeness (QED) is 0.767. The molecule has 17 heavy (non-hydrogen) atoms. The van der Waals surface area contributed by atoms with Gasteiger partial charge in [-0.15, -0.1) is 11.6 Å². The topological polar surface area (TPSA) is 32.3 Å². The molecule has 2 unspecified atom stereocenters. The average Bonchev–Trinajstić information content (AvgIpc) is 2.71. The number of alkyl halides is 1. The molecule has 4 nitrogen and oxygen atoms in total. The summed E-state index contributed by atoms with van der Waals surface area (Å²) in [5, 5.41) is 0. The summed E-state index contributed by atoms with van der Waals surface area (Å²) in [6.07, 6.45) is 3.62. The third-order valence-corrected chi connectivity index (χ3v) is 3.67. The van der Waals surface area contributed by atoms with Crippen LogP contribution in [0.25, 0.3) is 0 Å². The normalized spacial score (nSPS) is 24.6. The van der Waals surface area contributed by atoms with Crippen LogP contribution in [0.15, 0.2) is 12.4 Å². The molecule has 2 atom stereocenters. The Kier molecular flexibility index (Phi) is 3.84. The number of aromatic nitrogens is 2. The van der Waals surface area contributed by atoms with Crippen molar-refractivity contribution < 1.29 is 0 Å². The SMILES string of the molecule is CC1CN(c2ncc(CCl)cn2)CC1N(C)C. The lowest BCUT2D eigenvalue weighted by Crippen LogP contribution is -2.34. The van der Waals surface area contributed by atoms with E-state index in [0.717, 1.165) is 24.6 Å². The fourth-order valence-corrected chi connectivity index (χ4v) is 2.50. The van der Waals surface area contributed by atoms with Crippen molar-refractivity contribution in [1.82, 2.24) is 14.9 Å². The molecule has 1 fully saturated rings. The van der Waals surface area contributed by atoms with E-state index in [1.807, 2.05) is 12.4 Å². The standard InChI is InChI=1S/C12H19ClN4/c1-9-7-17(8-11(9)16(2)3)12-14-5-10(4-13)6-15-12/h5-6,9,11H,4,7-8H2,1-3H3. The van der Waals surface area contributed by atoms with Crippen LogP contribution in [0.5, 0.6) is 0 Å². The lowest BCUT2D eigenvalue weighted by molar-refractivity contribution is 0.266. The third kappa shape index (κ3) is 2.69. The van der Waals surface area contributed by atoms with Gasteiger partial charge in [-0.3, -0.25) is 0 Å². The van der Waals surface area contributed by atoms with Crippen LogP contribution >= 0.6 is 11.6 Å². The molecule has 0 spiro atoms. The van der Waals surface area contributed by atoms with E-state index in [9.17, 15) is 0 Å². The van der Waals surface area contributed by atoms with Crippen LogP contribution < -0.4 is 4.90 Å². The third-order valence-electron chi connectivity index (χ3n) is 3.36. The Morgan fingerprint density at radius 1 is 1.35 bits per heavy atom. The second-order valence-corrected chi connectivity index (χ2v) is 5.21. The molecule has 1 aromatic heterocycles. The Bertz CT molecular complexity index is 365. The summed E-state index contributed by atoms with van der Waals surface area (Å²) in [6, 6.07) is 0.575. The van der Waals surface area contributed by atoms with Crippen molar-refractivity contribution in [2.45, 2.75) is 18.8 Å². The number of rotatable bonds is 3. The zero-order valence-corrected chi connectivity index (χ0v) is 11.4. The van der Waals surface area contributed by atoms with Crippen LogP contribution in [0.2, 0.25) is 0 Å². The van der Waals surface area contributed by atoms with Gasteiger partial charge in [0.2, 0.25) is 5.95 Å². The minimum absolute atomic E-state index is 0.469. The summed E-state index contributed by atoms with van der Waals surface area (Å²) in [7, 11) is 4.25. The molecule has 1 aliphatic rings. The Hall–Kier alpha value is -0.870. The van der Waals surface area contributed by atoms with E-state index in [4.69, 9.17) is 11.6 Å². The molecule has 0 radical (unpaired) electrons. The highest BCUT2D eigenvalue weighted by molar-refractivity contribution is 6.17. The molecule has 1 saturated heterocycles. The lowest BCUT2D eigenvalue weighted by Gasteiger charge is -2.22. The van der Waals surface area contributed by atoms with Crippen LogP contribution in [0.3, 0.4) is 0 Å². The van der Waals surface area contributed by atoms with Gasteiger partial charge in [-0.2, -0.15) is 0 Å². The number of likely N-dealkylation sites (N-methyl/N-ethyl adjacent to an activating group) is 1. The van der Waals surface area contributed by atoms with Crippen LogP contribution in [-0.2, 0) is 5.88 Å². The largest absolute Gasteiger partial charge is 0.339 e. The Morgan fingerprint density at radius 2 is 2.00 bits per heavy atom. The first-order valence-electron chi connectivity index (χ1n) is 5.90. The highest BCUT2D eigenvalue weighted by Crippen LogP contribution is 2.23. The van der Waals surface area contributed by atoms with Crippen LogP contribution in [0.1, 0.15) is 12.5 Å². The highest BCUT2D eigenvalue weighted by atomic mass is 35.5. The molecule has 0 saturated carbocycles. The van der Waals surface area contributed by atoms with Crippen LogP contribution in [0, 0.1) is 5.92 Å². The van der Waals surface area contributed by atoms with Gasteiger partial charge in [0.25, 0.3) is 0 Å². The molecule has 94 valence electrons. The van der Waals surface area contributed by atoms with Crippen molar-refractivity contribution in [3.05, 3.63) is 18.0 Å². The summed E-state index contributed by atoms with van der Waals surface area (Å²) < 4.78 is 0. The summed E-state index contributed by atoms with van der Waals surface area (Å²) in [5.74, 6) is 1.92. The van der Waals surface area contributed by atoms with E-state index in [1.165, 1.54) is 0 Å². The molecule has 2 heterocycles. The Morgan fingerprint density at radius 3 is 2.47 bits per heavy atom. The number of hydrogen-bond donors (Lipinski definition) is 0. The zero-order chi connectivity index (χ0) is 12.4. The summed E-state index contributed by atoms with van der Waals surface area (Å²) in [6.45, 7) is 4.29. The molecule has 0 aromatic carbocycles. The lowest BCUT2D eigenvalue weighted by atomic mass is 10.1. The molecular weight excluding hydrogens is 236 g/mol. The second kappa shape index (κ2) is 5.19. The predicted octanol–water partition coefficient (Wildman–Crippen LogP) is 1.60. The number of hydrogen-bond acceptors (Lipinski definition) is 4. The van der Waals surface area contributed by atoms with Gasteiger partial charge in [0.1, 0.15) is 0 Å². The molecule has 0 aliphatic carbocycles. The maximum Gasteiger partial charge on any atom is 0.225 e. The van der Waals surface area contributed by atoms with Crippen molar-refractivity contribution in [1.29, 1.82) is 0 Å². The minimum Gasteiger partial charge on any atom is -0.339 e. The average molecular weight is 255 g/mol. The van der Waals surface area contributed by atoms with Gasteiger partial charge in [0, 0.05) is 37.1 Å². The van der Waals surface area contributed by atoms with Gasteiger partial charge in [0.05, 0.1) is 5.88 Å². The van der Waals surface area contributed by atoms with Gasteiger partial charge in [0.15, 0.2) is 0 Å². The molecule has 0 N–H and O–H groups in total. The smallest absolute Gasteiger partial charge is 0.225 e. The van der Waals surface area contributed by atoms with Crippen molar-refractivity contribution in [3.63, 3.8) is 0 Å². The Labute approximate surface area is 108 Å². The van der Waals surface area contributed by atoms with Crippen molar-refractivity contribution in [2.75, 3.05) is 32.1 Å². The zero-order valence-electron chi connectivity index (χ0n) is 10.6. The molecule has 1 aliphatic heterocycles. The van der Waals surface area contributed by atoms with E-state index in [-0.39, 0.29) is 0 Å². The van der Waals surface area contributed by atoms with Crippen LogP contribution in [-0.4, -0.2) is 48.1 Å². The first kappa shape index (κ1) is 12.6. The first-order chi connectivity index (χ1) is 8.11. The number of anilines is 1. The van der Waals surface area contributed by atoms with Crippen molar-refractivity contribution >= 4 is 17.5 Å². The second-order valence-electron chi connectivity index (χ2n) is 4.94. The molecule has 5 heteroatoms. The van der Waals surface area contributed by atoms with Gasteiger partial charge >= 0.3 is 0 Å². The van der Waals surface area contributed by atoms with Crippen molar-refractivity contribution in [2.24, 2.45) is 5.92 Å². The van der Waals surface area contributed by atoms with E-state index < -0.39 is 0 Å². The van der Waals surface area contributed by atoms with E-state index in [1.54, 1.807) is 0 Å². The summed E-state index contributed by atoms with van der Waals surface area (Å²) >= 11 is 5.73. The molecule has 1 aromatic rings. The van der Waals surface area contributed by atoms with Gasteiger partial charge in [-0.05, 0) is 20.0 Å². The van der Waals surface area contributed by atoms with E-state index in [0.29, 0.717) is 17.8 Å². The first-order valence-corrected chi connectivity index (χ1v) is 6.43. The minimum atomic E-state index is 0.469. The highest BCUT2D eigenvalue weighted by Gasteiger charge is 2.32. The Balaban J connectivity index is 2.08. The fraction of sp³-hybridized carbons (Fsp3) is 0.667. The maximum atomic E-state index is 5.73.